The molecule has 2 aromatic carbocycles. The molecule has 3 aromatic rings. The van der Waals surface area contributed by atoms with Crippen LogP contribution in [0, 0.1) is 5.92 Å². The Hall–Kier alpha value is -1.71. The molecule has 1 aromatic heterocycles. The van der Waals surface area contributed by atoms with Crippen LogP contribution in [-0.2, 0) is 19.3 Å². The van der Waals surface area contributed by atoms with E-state index in [1.807, 2.05) is 6.07 Å². The van der Waals surface area contributed by atoms with Crippen molar-refractivity contribution in [2.75, 3.05) is 0 Å². The van der Waals surface area contributed by atoms with E-state index in [0.717, 1.165) is 24.8 Å². The van der Waals surface area contributed by atoms with Crippen molar-refractivity contribution in [3.8, 4) is 0 Å². The monoisotopic (exact) mass is 294 g/mol. The van der Waals surface area contributed by atoms with Gasteiger partial charge in [-0.25, -0.2) is 4.98 Å². The molecule has 0 saturated heterocycles. The second kappa shape index (κ2) is 5.24. The van der Waals surface area contributed by atoms with E-state index in [0.29, 0.717) is 5.92 Å². The Kier molecular flexibility index (Phi) is 3.24. The molecule has 0 spiro atoms. The molecule has 106 valence electrons. The SMILES string of the molecule is NC(Cc1nc2ccccc2s1)C1Cc2ccccc2C1. The second-order valence-corrected chi connectivity index (χ2v) is 7.00. The summed E-state index contributed by atoms with van der Waals surface area (Å²) in [5, 5.41) is 1.17. The summed E-state index contributed by atoms with van der Waals surface area (Å²) < 4.78 is 1.26. The molecule has 0 bridgehead atoms. The van der Waals surface area contributed by atoms with E-state index in [4.69, 9.17) is 10.7 Å². The van der Waals surface area contributed by atoms with Crippen molar-refractivity contribution in [1.82, 2.24) is 4.98 Å². The first-order chi connectivity index (χ1) is 10.3. The van der Waals surface area contributed by atoms with Crippen LogP contribution in [0.3, 0.4) is 0 Å². The Morgan fingerprint density at radius 2 is 1.71 bits per heavy atom. The number of thiazole rings is 1. The van der Waals surface area contributed by atoms with Gasteiger partial charge in [-0.1, -0.05) is 36.4 Å². The normalized spacial score (nSPS) is 16.2. The Morgan fingerprint density at radius 1 is 1.05 bits per heavy atom. The number of fused-ring (bicyclic) bond motifs is 2. The van der Waals surface area contributed by atoms with Gasteiger partial charge in [-0.2, -0.15) is 0 Å². The van der Waals surface area contributed by atoms with E-state index < -0.39 is 0 Å². The minimum atomic E-state index is 0.193. The van der Waals surface area contributed by atoms with Gasteiger partial charge < -0.3 is 5.73 Å². The van der Waals surface area contributed by atoms with Gasteiger partial charge in [0.1, 0.15) is 0 Å². The molecule has 0 radical (unpaired) electrons. The van der Waals surface area contributed by atoms with Crippen LogP contribution in [0.2, 0.25) is 0 Å². The van der Waals surface area contributed by atoms with Crippen molar-refractivity contribution >= 4 is 21.6 Å². The van der Waals surface area contributed by atoms with Crippen LogP contribution in [0.25, 0.3) is 10.2 Å². The van der Waals surface area contributed by atoms with Gasteiger partial charge in [-0.15, -0.1) is 11.3 Å². The first-order valence-electron chi connectivity index (χ1n) is 7.46. The zero-order valence-electron chi connectivity index (χ0n) is 11.8. The lowest BCUT2D eigenvalue weighted by Gasteiger charge is -2.17. The molecule has 1 unspecified atom stereocenters. The lowest BCUT2D eigenvalue weighted by molar-refractivity contribution is 0.437. The molecule has 2 N–H and O–H groups in total. The molecule has 4 rings (SSSR count). The highest BCUT2D eigenvalue weighted by Crippen LogP contribution is 2.30. The van der Waals surface area contributed by atoms with Gasteiger partial charge in [0.15, 0.2) is 0 Å². The fourth-order valence-corrected chi connectivity index (χ4v) is 4.31. The summed E-state index contributed by atoms with van der Waals surface area (Å²) in [6.07, 6.45) is 3.11. The number of hydrogen-bond acceptors (Lipinski definition) is 3. The fourth-order valence-electron chi connectivity index (χ4n) is 3.27. The molecule has 0 fully saturated rings. The largest absolute Gasteiger partial charge is 0.327 e. The minimum Gasteiger partial charge on any atom is -0.327 e. The molecule has 1 aliphatic rings. The summed E-state index contributed by atoms with van der Waals surface area (Å²) in [6, 6.07) is 17.2. The highest BCUT2D eigenvalue weighted by Gasteiger charge is 2.26. The van der Waals surface area contributed by atoms with Crippen molar-refractivity contribution in [2.45, 2.75) is 25.3 Å². The van der Waals surface area contributed by atoms with Gasteiger partial charge in [-0.3, -0.25) is 0 Å². The summed E-state index contributed by atoms with van der Waals surface area (Å²) in [5.41, 5.74) is 10.5. The summed E-state index contributed by atoms with van der Waals surface area (Å²) in [4.78, 5) is 4.71. The molecular weight excluding hydrogens is 276 g/mol. The Balaban J connectivity index is 1.50. The van der Waals surface area contributed by atoms with Gasteiger partial charge in [0.05, 0.1) is 15.2 Å². The van der Waals surface area contributed by atoms with Crippen molar-refractivity contribution in [3.63, 3.8) is 0 Å². The molecular formula is C18H18N2S. The smallest absolute Gasteiger partial charge is 0.0954 e. The number of aromatic nitrogens is 1. The van der Waals surface area contributed by atoms with Gasteiger partial charge in [-0.05, 0) is 42.0 Å². The number of nitrogens with two attached hydrogens (primary N) is 1. The third kappa shape index (κ3) is 2.47. The maximum absolute atomic E-state index is 6.48. The van der Waals surface area contributed by atoms with Crippen LogP contribution < -0.4 is 5.73 Å². The number of para-hydroxylation sites is 1. The highest BCUT2D eigenvalue weighted by molar-refractivity contribution is 7.18. The summed E-state index contributed by atoms with van der Waals surface area (Å²) in [5.74, 6) is 0.550. The standard InChI is InChI=1S/C18H18N2S/c19-15(14-9-12-5-1-2-6-13(12)10-14)11-18-20-16-7-3-4-8-17(16)21-18/h1-8,14-15H,9-11,19H2. The fraction of sp³-hybridized carbons (Fsp3) is 0.278. The Labute approximate surface area is 128 Å². The Bertz CT molecular complexity index is 719. The van der Waals surface area contributed by atoms with Crippen LogP contribution in [0.1, 0.15) is 16.1 Å². The van der Waals surface area contributed by atoms with E-state index in [-0.39, 0.29) is 6.04 Å². The van der Waals surface area contributed by atoms with Crippen LogP contribution >= 0.6 is 11.3 Å². The van der Waals surface area contributed by atoms with Crippen LogP contribution in [0.15, 0.2) is 48.5 Å². The summed E-state index contributed by atoms with van der Waals surface area (Å²) >= 11 is 1.78. The second-order valence-electron chi connectivity index (χ2n) is 5.88. The molecule has 0 amide bonds. The number of nitrogens with zero attached hydrogens (tertiary/aromatic N) is 1. The van der Waals surface area contributed by atoms with Crippen molar-refractivity contribution in [2.24, 2.45) is 11.7 Å². The van der Waals surface area contributed by atoms with Crippen molar-refractivity contribution in [1.29, 1.82) is 0 Å². The van der Waals surface area contributed by atoms with Gasteiger partial charge in [0.25, 0.3) is 0 Å². The molecule has 1 aliphatic carbocycles. The van der Waals surface area contributed by atoms with E-state index in [9.17, 15) is 0 Å². The lowest BCUT2D eigenvalue weighted by Crippen LogP contribution is -2.32. The summed E-state index contributed by atoms with van der Waals surface area (Å²) in [7, 11) is 0. The highest BCUT2D eigenvalue weighted by atomic mass is 32.1. The van der Waals surface area contributed by atoms with Gasteiger partial charge in [0, 0.05) is 12.5 Å². The van der Waals surface area contributed by atoms with Crippen LogP contribution in [0.4, 0.5) is 0 Å². The summed E-state index contributed by atoms with van der Waals surface area (Å²) in [6.45, 7) is 0. The zero-order valence-corrected chi connectivity index (χ0v) is 12.6. The number of benzene rings is 2. The van der Waals surface area contributed by atoms with Gasteiger partial charge in [0.2, 0.25) is 0 Å². The third-order valence-corrected chi connectivity index (χ3v) is 5.50. The molecule has 0 saturated carbocycles. The van der Waals surface area contributed by atoms with Crippen LogP contribution in [-0.4, -0.2) is 11.0 Å². The molecule has 0 aliphatic heterocycles. The molecule has 21 heavy (non-hydrogen) atoms. The van der Waals surface area contributed by atoms with E-state index >= 15 is 0 Å². The maximum atomic E-state index is 6.48. The zero-order chi connectivity index (χ0) is 14.2. The molecule has 1 atom stereocenters. The number of rotatable bonds is 3. The predicted octanol–water partition coefficient (Wildman–Crippen LogP) is 3.58. The first kappa shape index (κ1) is 13.0. The predicted molar refractivity (Wildman–Crippen MR) is 88.6 cm³/mol. The van der Waals surface area contributed by atoms with Crippen molar-refractivity contribution in [3.05, 3.63) is 64.7 Å². The molecule has 2 nitrogen and oxygen atoms in total. The maximum Gasteiger partial charge on any atom is 0.0954 e. The molecule has 3 heteroatoms. The topological polar surface area (TPSA) is 38.9 Å². The lowest BCUT2D eigenvalue weighted by atomic mass is 9.95. The Morgan fingerprint density at radius 3 is 2.43 bits per heavy atom. The third-order valence-electron chi connectivity index (χ3n) is 4.44. The van der Waals surface area contributed by atoms with Crippen LogP contribution in [0.5, 0.6) is 0 Å². The molecule has 1 heterocycles. The quantitative estimate of drug-likeness (QED) is 0.802. The average Bonchev–Trinajstić information content (AvgIpc) is 3.10. The average molecular weight is 294 g/mol. The number of hydrogen-bond donors (Lipinski definition) is 1. The first-order valence-corrected chi connectivity index (χ1v) is 8.28. The van der Waals surface area contributed by atoms with Crippen molar-refractivity contribution < 1.29 is 0 Å². The van der Waals surface area contributed by atoms with E-state index in [1.165, 1.54) is 20.8 Å². The van der Waals surface area contributed by atoms with Gasteiger partial charge >= 0.3 is 0 Å². The minimum absolute atomic E-state index is 0.193. The van der Waals surface area contributed by atoms with E-state index in [2.05, 4.69) is 42.5 Å². The van der Waals surface area contributed by atoms with E-state index in [1.54, 1.807) is 11.3 Å².